The van der Waals surface area contributed by atoms with Crippen LogP contribution in [0.4, 0.5) is 0 Å². The number of hydrogen-bond donors (Lipinski definition) is 1. The third kappa shape index (κ3) is 2.42. The minimum Gasteiger partial charge on any atom is -0.380 e. The molecule has 3 nitrogen and oxygen atoms in total. The minimum atomic E-state index is 0.649. The van der Waals surface area contributed by atoms with Crippen molar-refractivity contribution in [3.63, 3.8) is 0 Å². The van der Waals surface area contributed by atoms with Crippen LogP contribution in [-0.4, -0.2) is 49.8 Å². The van der Waals surface area contributed by atoms with Gasteiger partial charge in [-0.05, 0) is 19.8 Å². The van der Waals surface area contributed by atoms with Crippen molar-refractivity contribution in [1.29, 1.82) is 0 Å². The summed E-state index contributed by atoms with van der Waals surface area (Å²) in [7, 11) is 0. The van der Waals surface area contributed by atoms with Crippen molar-refractivity contribution in [3.8, 4) is 0 Å². The van der Waals surface area contributed by atoms with Gasteiger partial charge >= 0.3 is 0 Å². The lowest BCUT2D eigenvalue weighted by atomic mass is 10.1. The predicted molar refractivity (Wildman–Crippen MR) is 52.9 cm³/mol. The first-order chi connectivity index (χ1) is 6.36. The molecule has 2 aliphatic rings. The molecule has 0 aromatic rings. The summed E-state index contributed by atoms with van der Waals surface area (Å²) in [4.78, 5) is 2.58. The van der Waals surface area contributed by atoms with Gasteiger partial charge in [-0.2, -0.15) is 0 Å². The molecule has 0 radical (unpaired) electrons. The number of piperazine rings is 1. The van der Waals surface area contributed by atoms with E-state index in [9.17, 15) is 0 Å². The average Bonchev–Trinajstić information content (AvgIpc) is 2.19. The van der Waals surface area contributed by atoms with E-state index < -0.39 is 0 Å². The molecule has 76 valence electrons. The molecular weight excluding hydrogens is 164 g/mol. The molecule has 1 N–H and O–H groups in total. The number of hydrogen-bond acceptors (Lipinski definition) is 3. The summed E-state index contributed by atoms with van der Waals surface area (Å²) in [6.07, 6.45) is 2.57. The van der Waals surface area contributed by atoms with E-state index in [0.29, 0.717) is 12.1 Å². The van der Waals surface area contributed by atoms with Crippen molar-refractivity contribution in [2.45, 2.75) is 31.8 Å². The second kappa shape index (κ2) is 4.40. The molecule has 0 amide bonds. The Morgan fingerprint density at radius 3 is 3.08 bits per heavy atom. The zero-order valence-electron chi connectivity index (χ0n) is 8.46. The van der Waals surface area contributed by atoms with Crippen molar-refractivity contribution >= 4 is 0 Å². The monoisotopic (exact) mass is 184 g/mol. The summed E-state index contributed by atoms with van der Waals surface area (Å²) in [5, 5.41) is 3.47. The highest BCUT2D eigenvalue weighted by Gasteiger charge is 2.24. The standard InChI is InChI=1S/C10H20N2O/c1-9-7-12(5-4-11-9)10-3-2-6-13-8-10/h9-11H,2-8H2,1H3/t9-,10?/m0/s1. The molecule has 0 saturated carbocycles. The van der Waals surface area contributed by atoms with Gasteiger partial charge in [0, 0.05) is 38.3 Å². The van der Waals surface area contributed by atoms with Crippen LogP contribution in [0.3, 0.4) is 0 Å². The van der Waals surface area contributed by atoms with Crippen LogP contribution >= 0.6 is 0 Å². The Kier molecular flexibility index (Phi) is 3.19. The number of nitrogens with zero attached hydrogens (tertiary/aromatic N) is 1. The van der Waals surface area contributed by atoms with E-state index in [1.54, 1.807) is 0 Å². The van der Waals surface area contributed by atoms with E-state index in [-0.39, 0.29) is 0 Å². The fourth-order valence-electron chi connectivity index (χ4n) is 2.31. The largest absolute Gasteiger partial charge is 0.380 e. The van der Waals surface area contributed by atoms with Crippen LogP contribution in [0.1, 0.15) is 19.8 Å². The van der Waals surface area contributed by atoms with Crippen LogP contribution in [0, 0.1) is 0 Å². The third-order valence-corrected chi connectivity index (χ3v) is 3.05. The smallest absolute Gasteiger partial charge is 0.0621 e. The molecule has 2 atom stereocenters. The second-order valence-corrected chi connectivity index (χ2v) is 4.22. The summed E-state index contributed by atoms with van der Waals surface area (Å²) < 4.78 is 5.51. The first kappa shape index (κ1) is 9.44. The van der Waals surface area contributed by atoms with Gasteiger partial charge in [0.2, 0.25) is 0 Å². The van der Waals surface area contributed by atoms with Crippen LogP contribution < -0.4 is 5.32 Å². The molecule has 2 aliphatic heterocycles. The summed E-state index contributed by atoms with van der Waals surface area (Å²) in [5.41, 5.74) is 0. The Balaban J connectivity index is 1.83. The summed E-state index contributed by atoms with van der Waals surface area (Å²) in [6, 6.07) is 1.34. The maximum absolute atomic E-state index is 5.51. The Bertz CT molecular complexity index is 157. The third-order valence-electron chi connectivity index (χ3n) is 3.05. The number of rotatable bonds is 1. The van der Waals surface area contributed by atoms with Crippen LogP contribution in [0.25, 0.3) is 0 Å². The maximum atomic E-state index is 5.51. The first-order valence-corrected chi connectivity index (χ1v) is 5.41. The van der Waals surface area contributed by atoms with Crippen LogP contribution in [0.15, 0.2) is 0 Å². The van der Waals surface area contributed by atoms with E-state index in [2.05, 4.69) is 17.1 Å². The zero-order chi connectivity index (χ0) is 9.10. The van der Waals surface area contributed by atoms with Gasteiger partial charge in [-0.1, -0.05) is 0 Å². The molecule has 0 aliphatic carbocycles. The zero-order valence-corrected chi connectivity index (χ0v) is 8.46. The molecule has 0 bridgehead atoms. The molecule has 0 spiro atoms. The van der Waals surface area contributed by atoms with Gasteiger partial charge in [0.05, 0.1) is 6.61 Å². The fourth-order valence-corrected chi connectivity index (χ4v) is 2.31. The Morgan fingerprint density at radius 2 is 2.38 bits per heavy atom. The molecule has 0 aromatic carbocycles. The Morgan fingerprint density at radius 1 is 1.46 bits per heavy atom. The average molecular weight is 184 g/mol. The second-order valence-electron chi connectivity index (χ2n) is 4.22. The highest BCUT2D eigenvalue weighted by molar-refractivity contribution is 4.82. The lowest BCUT2D eigenvalue weighted by Crippen LogP contribution is -2.54. The van der Waals surface area contributed by atoms with E-state index in [4.69, 9.17) is 4.74 Å². The molecule has 0 aromatic heterocycles. The summed E-state index contributed by atoms with van der Waals surface area (Å²) >= 11 is 0. The number of nitrogens with one attached hydrogen (secondary N) is 1. The predicted octanol–water partition coefficient (Wildman–Crippen LogP) is 0.459. The quantitative estimate of drug-likeness (QED) is 0.641. The van der Waals surface area contributed by atoms with Gasteiger partial charge in [0.25, 0.3) is 0 Å². The van der Waals surface area contributed by atoms with Crippen LogP contribution in [0.5, 0.6) is 0 Å². The Hall–Kier alpha value is -0.120. The SMILES string of the molecule is C[C@H]1CN(C2CCCOC2)CCN1. The highest BCUT2D eigenvalue weighted by atomic mass is 16.5. The molecule has 2 heterocycles. The maximum Gasteiger partial charge on any atom is 0.0621 e. The Labute approximate surface area is 80.4 Å². The topological polar surface area (TPSA) is 24.5 Å². The molecule has 2 rings (SSSR count). The van der Waals surface area contributed by atoms with Crippen molar-refractivity contribution in [3.05, 3.63) is 0 Å². The minimum absolute atomic E-state index is 0.649. The molecule has 3 heteroatoms. The molecule has 2 saturated heterocycles. The molecule has 2 fully saturated rings. The highest BCUT2D eigenvalue weighted by Crippen LogP contribution is 2.14. The van der Waals surface area contributed by atoms with Crippen molar-refractivity contribution in [2.24, 2.45) is 0 Å². The summed E-state index contributed by atoms with van der Waals surface area (Å²) in [6.45, 7) is 7.70. The van der Waals surface area contributed by atoms with E-state index in [1.165, 1.54) is 25.9 Å². The van der Waals surface area contributed by atoms with Crippen LogP contribution in [-0.2, 0) is 4.74 Å². The van der Waals surface area contributed by atoms with Gasteiger partial charge in [-0.25, -0.2) is 0 Å². The van der Waals surface area contributed by atoms with Gasteiger partial charge in [0.1, 0.15) is 0 Å². The summed E-state index contributed by atoms with van der Waals surface area (Å²) in [5.74, 6) is 0. The fraction of sp³-hybridized carbons (Fsp3) is 1.00. The van der Waals surface area contributed by atoms with E-state index >= 15 is 0 Å². The van der Waals surface area contributed by atoms with Gasteiger partial charge < -0.3 is 10.1 Å². The van der Waals surface area contributed by atoms with E-state index in [0.717, 1.165) is 19.8 Å². The lowest BCUT2D eigenvalue weighted by molar-refractivity contribution is 0.00844. The lowest BCUT2D eigenvalue weighted by Gasteiger charge is -2.39. The van der Waals surface area contributed by atoms with E-state index in [1.807, 2.05) is 0 Å². The van der Waals surface area contributed by atoms with Gasteiger partial charge in [-0.15, -0.1) is 0 Å². The molecule has 1 unspecified atom stereocenters. The number of ether oxygens (including phenoxy) is 1. The normalized spacial score (nSPS) is 37.6. The van der Waals surface area contributed by atoms with Gasteiger partial charge in [-0.3, -0.25) is 4.90 Å². The van der Waals surface area contributed by atoms with Crippen molar-refractivity contribution < 1.29 is 4.74 Å². The molecule has 13 heavy (non-hydrogen) atoms. The van der Waals surface area contributed by atoms with Crippen LogP contribution in [0.2, 0.25) is 0 Å². The first-order valence-electron chi connectivity index (χ1n) is 5.41. The van der Waals surface area contributed by atoms with Gasteiger partial charge in [0.15, 0.2) is 0 Å². The molecular formula is C10H20N2O. The van der Waals surface area contributed by atoms with Crippen molar-refractivity contribution in [1.82, 2.24) is 10.2 Å². The van der Waals surface area contributed by atoms with Crippen molar-refractivity contribution in [2.75, 3.05) is 32.8 Å².